The molecule has 0 amide bonds. The van der Waals surface area contributed by atoms with E-state index in [1.807, 2.05) is 54.8 Å². The summed E-state index contributed by atoms with van der Waals surface area (Å²) in [7, 11) is 1.63. The third-order valence-electron chi connectivity index (χ3n) is 5.18. The summed E-state index contributed by atoms with van der Waals surface area (Å²) in [6, 6.07) is 11.5. The molecule has 3 heterocycles. The van der Waals surface area contributed by atoms with Gasteiger partial charge in [0.1, 0.15) is 17.3 Å². The number of benzene rings is 1. The van der Waals surface area contributed by atoms with Crippen LogP contribution in [0.3, 0.4) is 0 Å². The van der Waals surface area contributed by atoms with E-state index in [9.17, 15) is 4.79 Å². The van der Waals surface area contributed by atoms with Crippen molar-refractivity contribution in [3.05, 3.63) is 77.5 Å². The number of methoxy groups -OCH3 is 1. The number of carbonyl (C=O) groups excluding carboxylic acids is 1. The van der Waals surface area contributed by atoms with Gasteiger partial charge in [0, 0.05) is 29.9 Å². The van der Waals surface area contributed by atoms with E-state index in [-0.39, 0.29) is 11.5 Å². The average Bonchev–Trinajstić information content (AvgIpc) is 3.46. The fourth-order valence-electron chi connectivity index (χ4n) is 3.39. The van der Waals surface area contributed by atoms with Crippen LogP contribution in [0, 0.1) is 13.8 Å². The van der Waals surface area contributed by atoms with Gasteiger partial charge < -0.3 is 9.15 Å². The molecule has 0 spiro atoms. The molecule has 3 aromatic heterocycles. The first kappa shape index (κ1) is 21.8. The monoisotopic (exact) mass is 448 g/mol. The minimum absolute atomic E-state index is 0.0898. The fourth-order valence-corrected chi connectivity index (χ4v) is 4.19. The van der Waals surface area contributed by atoms with Crippen LogP contribution in [0.25, 0.3) is 11.4 Å². The Bertz CT molecular complexity index is 1200. The number of hydrogen-bond acceptors (Lipinski definition) is 7. The predicted octanol–water partition coefficient (Wildman–Crippen LogP) is 4.51. The summed E-state index contributed by atoms with van der Waals surface area (Å²) in [5, 5.41) is 9.35. The normalized spacial score (nSPS) is 11.0. The van der Waals surface area contributed by atoms with Crippen molar-refractivity contribution in [2.24, 2.45) is 0 Å². The standard InChI is InChI=1S/C24H24N4O3S/c1-16-10-19(22(30-3)11-17(16)2)12-20(29)15-32-24-27-26-23(18-6-4-8-25-13-18)28(24)14-21-7-5-9-31-21/h4-11,13H,12,14-15H2,1-3H3. The van der Waals surface area contributed by atoms with Gasteiger partial charge in [0.25, 0.3) is 0 Å². The van der Waals surface area contributed by atoms with Crippen LogP contribution in [0.2, 0.25) is 0 Å². The molecule has 0 unspecified atom stereocenters. The lowest BCUT2D eigenvalue weighted by atomic mass is 10.0. The zero-order valence-corrected chi connectivity index (χ0v) is 19.1. The van der Waals surface area contributed by atoms with Crippen LogP contribution < -0.4 is 4.74 Å². The molecule has 0 N–H and O–H groups in total. The van der Waals surface area contributed by atoms with Crippen molar-refractivity contribution in [3.8, 4) is 17.1 Å². The van der Waals surface area contributed by atoms with Crippen molar-refractivity contribution in [2.45, 2.75) is 32.0 Å². The maximum atomic E-state index is 12.8. The average molecular weight is 449 g/mol. The first-order chi connectivity index (χ1) is 15.5. The number of rotatable bonds is 9. The summed E-state index contributed by atoms with van der Waals surface area (Å²) in [4.78, 5) is 17.0. The Balaban J connectivity index is 1.52. The molecule has 4 rings (SSSR count). The molecule has 7 nitrogen and oxygen atoms in total. The Morgan fingerprint density at radius 2 is 2.00 bits per heavy atom. The van der Waals surface area contributed by atoms with E-state index in [2.05, 4.69) is 15.2 Å². The highest BCUT2D eigenvalue weighted by molar-refractivity contribution is 7.99. The molecule has 0 fully saturated rings. The molecule has 0 aliphatic rings. The van der Waals surface area contributed by atoms with E-state index < -0.39 is 0 Å². The maximum absolute atomic E-state index is 12.8. The molecule has 0 aliphatic carbocycles. The van der Waals surface area contributed by atoms with Gasteiger partial charge in [-0.15, -0.1) is 10.2 Å². The van der Waals surface area contributed by atoms with Gasteiger partial charge in [-0.1, -0.05) is 17.8 Å². The SMILES string of the molecule is COc1cc(C)c(C)cc1CC(=O)CSc1nnc(-c2cccnc2)n1Cc1ccco1. The Morgan fingerprint density at radius 1 is 1.16 bits per heavy atom. The molecule has 8 heteroatoms. The first-order valence-corrected chi connectivity index (χ1v) is 11.2. The fraction of sp³-hybridized carbons (Fsp3) is 0.250. The molecule has 32 heavy (non-hydrogen) atoms. The van der Waals surface area contributed by atoms with E-state index in [1.165, 1.54) is 11.8 Å². The summed E-state index contributed by atoms with van der Waals surface area (Å²) in [6.45, 7) is 4.53. The van der Waals surface area contributed by atoms with Crippen LogP contribution >= 0.6 is 11.8 Å². The predicted molar refractivity (Wildman–Crippen MR) is 123 cm³/mol. The lowest BCUT2D eigenvalue weighted by Gasteiger charge is -2.11. The van der Waals surface area contributed by atoms with Crippen molar-refractivity contribution in [3.63, 3.8) is 0 Å². The van der Waals surface area contributed by atoms with E-state index >= 15 is 0 Å². The Kier molecular flexibility index (Phi) is 6.70. The van der Waals surface area contributed by atoms with Crippen LogP contribution in [-0.4, -0.2) is 38.4 Å². The van der Waals surface area contributed by atoms with E-state index in [4.69, 9.17) is 9.15 Å². The molecule has 1 aromatic carbocycles. The number of furan rings is 1. The van der Waals surface area contributed by atoms with Crippen LogP contribution in [-0.2, 0) is 17.8 Å². The number of aromatic nitrogens is 4. The Hall–Kier alpha value is -3.39. The van der Waals surface area contributed by atoms with Gasteiger partial charge in [-0.05, 0) is 55.3 Å². The van der Waals surface area contributed by atoms with Crippen molar-refractivity contribution >= 4 is 17.5 Å². The molecule has 0 atom stereocenters. The topological polar surface area (TPSA) is 83.0 Å². The van der Waals surface area contributed by atoms with Gasteiger partial charge >= 0.3 is 0 Å². The van der Waals surface area contributed by atoms with Crippen LogP contribution in [0.4, 0.5) is 0 Å². The molecule has 0 saturated carbocycles. The van der Waals surface area contributed by atoms with Gasteiger partial charge in [0.2, 0.25) is 0 Å². The third kappa shape index (κ3) is 4.91. The van der Waals surface area contributed by atoms with Gasteiger partial charge in [0.05, 0.1) is 25.7 Å². The molecule has 0 aliphatic heterocycles. The second-order valence-electron chi connectivity index (χ2n) is 7.47. The highest BCUT2D eigenvalue weighted by Gasteiger charge is 2.18. The van der Waals surface area contributed by atoms with E-state index in [1.54, 1.807) is 25.8 Å². The number of carbonyl (C=O) groups is 1. The minimum Gasteiger partial charge on any atom is -0.496 e. The Morgan fingerprint density at radius 3 is 2.72 bits per heavy atom. The van der Waals surface area contributed by atoms with Crippen LogP contribution in [0.5, 0.6) is 5.75 Å². The van der Waals surface area contributed by atoms with Crippen molar-refractivity contribution in [1.29, 1.82) is 0 Å². The van der Waals surface area contributed by atoms with E-state index in [0.29, 0.717) is 23.9 Å². The Labute approximate surface area is 190 Å². The number of aryl methyl sites for hydroxylation is 2. The minimum atomic E-state index is 0.0898. The van der Waals surface area contributed by atoms with Crippen LogP contribution in [0.15, 0.2) is 64.6 Å². The lowest BCUT2D eigenvalue weighted by molar-refractivity contribution is -0.116. The second kappa shape index (κ2) is 9.82. The molecule has 0 radical (unpaired) electrons. The molecule has 0 saturated heterocycles. The smallest absolute Gasteiger partial charge is 0.192 e. The van der Waals surface area contributed by atoms with Crippen molar-refractivity contribution in [2.75, 3.05) is 12.9 Å². The number of Topliss-reactive ketones (excluding diaryl/α,β-unsaturated/α-hetero) is 1. The number of ether oxygens (including phenoxy) is 1. The number of ketones is 1. The summed E-state index contributed by atoms with van der Waals surface area (Å²) >= 11 is 1.37. The summed E-state index contributed by atoms with van der Waals surface area (Å²) < 4.78 is 12.9. The number of pyridine rings is 1. The van der Waals surface area contributed by atoms with Gasteiger partial charge in [0.15, 0.2) is 11.0 Å². The highest BCUT2D eigenvalue weighted by Crippen LogP contribution is 2.27. The summed E-state index contributed by atoms with van der Waals surface area (Å²) in [6.07, 6.45) is 5.40. The molecule has 0 bridgehead atoms. The maximum Gasteiger partial charge on any atom is 0.192 e. The summed E-state index contributed by atoms with van der Waals surface area (Å²) in [5.41, 5.74) is 4.03. The molecule has 4 aromatic rings. The van der Waals surface area contributed by atoms with Gasteiger partial charge in [-0.2, -0.15) is 0 Å². The van der Waals surface area contributed by atoms with Crippen molar-refractivity contribution in [1.82, 2.24) is 19.7 Å². The van der Waals surface area contributed by atoms with Crippen molar-refractivity contribution < 1.29 is 13.9 Å². The summed E-state index contributed by atoms with van der Waals surface area (Å²) in [5.74, 6) is 2.57. The second-order valence-corrected chi connectivity index (χ2v) is 8.41. The van der Waals surface area contributed by atoms with Gasteiger partial charge in [-0.25, -0.2) is 0 Å². The number of thioether (sulfide) groups is 1. The van der Waals surface area contributed by atoms with E-state index in [0.717, 1.165) is 33.8 Å². The van der Waals surface area contributed by atoms with Crippen LogP contribution in [0.1, 0.15) is 22.5 Å². The van der Waals surface area contributed by atoms with Gasteiger partial charge in [-0.3, -0.25) is 14.3 Å². The molecule has 164 valence electrons. The third-order valence-corrected chi connectivity index (χ3v) is 6.20. The molecular weight excluding hydrogens is 424 g/mol. The molecular formula is C24H24N4O3S. The largest absolute Gasteiger partial charge is 0.496 e. The first-order valence-electron chi connectivity index (χ1n) is 10.2. The number of hydrogen-bond donors (Lipinski definition) is 0. The zero-order valence-electron chi connectivity index (χ0n) is 18.2. The quantitative estimate of drug-likeness (QED) is 0.348. The zero-order chi connectivity index (χ0) is 22.5. The number of nitrogens with zero attached hydrogens (tertiary/aromatic N) is 4. The highest BCUT2D eigenvalue weighted by atomic mass is 32.2. The lowest BCUT2D eigenvalue weighted by Crippen LogP contribution is -2.09.